The van der Waals surface area contributed by atoms with Crippen molar-refractivity contribution < 1.29 is 4.84 Å². The highest BCUT2D eigenvalue weighted by Crippen LogP contribution is 2.22. The molecule has 0 radical (unpaired) electrons. The molecule has 4 heteroatoms. The summed E-state index contributed by atoms with van der Waals surface area (Å²) >= 11 is 0. The van der Waals surface area contributed by atoms with E-state index in [1.54, 1.807) is 0 Å². The second-order valence-electron chi connectivity index (χ2n) is 8.35. The van der Waals surface area contributed by atoms with Gasteiger partial charge in [-0.05, 0) is 71.1 Å². The summed E-state index contributed by atoms with van der Waals surface area (Å²) in [7, 11) is 0. The van der Waals surface area contributed by atoms with Gasteiger partial charge in [-0.25, -0.2) is 0 Å². The van der Waals surface area contributed by atoms with Crippen LogP contribution in [0.15, 0.2) is 0 Å². The molecule has 0 bridgehead atoms. The van der Waals surface area contributed by atoms with E-state index in [0.717, 1.165) is 19.7 Å². The van der Waals surface area contributed by atoms with Crippen molar-refractivity contribution in [3.63, 3.8) is 0 Å². The van der Waals surface area contributed by atoms with Crippen molar-refractivity contribution in [2.24, 2.45) is 0 Å². The van der Waals surface area contributed by atoms with Gasteiger partial charge in [0.25, 0.3) is 0 Å². The van der Waals surface area contributed by atoms with E-state index < -0.39 is 0 Å². The lowest BCUT2D eigenvalue weighted by molar-refractivity contribution is -0.165. The van der Waals surface area contributed by atoms with Crippen LogP contribution in [0.4, 0.5) is 0 Å². The van der Waals surface area contributed by atoms with Gasteiger partial charge in [-0.15, -0.1) is 0 Å². The molecule has 25 heavy (non-hydrogen) atoms. The van der Waals surface area contributed by atoms with Crippen molar-refractivity contribution >= 4 is 0 Å². The molecular formula is C21H41N3O. The number of hydrogen-bond acceptors (Lipinski definition) is 4. The maximum absolute atomic E-state index is 6.19. The minimum atomic E-state index is 0.662. The van der Waals surface area contributed by atoms with E-state index in [-0.39, 0.29) is 0 Å². The number of nitrogens with zero attached hydrogens (tertiary/aromatic N) is 3. The summed E-state index contributed by atoms with van der Waals surface area (Å²) in [4.78, 5) is 11.7. The zero-order valence-corrected chi connectivity index (χ0v) is 16.5. The predicted molar refractivity (Wildman–Crippen MR) is 104 cm³/mol. The third-order valence-electron chi connectivity index (χ3n) is 6.34. The minimum absolute atomic E-state index is 0.662. The van der Waals surface area contributed by atoms with Crippen LogP contribution < -0.4 is 0 Å². The maximum atomic E-state index is 6.19. The van der Waals surface area contributed by atoms with E-state index in [9.17, 15) is 0 Å². The fourth-order valence-electron chi connectivity index (χ4n) is 4.82. The van der Waals surface area contributed by atoms with E-state index in [2.05, 4.69) is 14.9 Å². The molecule has 3 saturated heterocycles. The van der Waals surface area contributed by atoms with Crippen LogP contribution in [-0.2, 0) is 4.84 Å². The predicted octanol–water partition coefficient (Wildman–Crippen LogP) is 4.26. The highest BCUT2D eigenvalue weighted by atomic mass is 16.7. The largest absolute Gasteiger partial charge is 0.299 e. The number of likely N-dealkylation sites (tertiary alicyclic amines) is 2. The average Bonchev–Trinajstić information content (AvgIpc) is 3.31. The molecule has 0 spiro atoms. The Morgan fingerprint density at radius 2 is 1.04 bits per heavy atom. The van der Waals surface area contributed by atoms with Gasteiger partial charge in [0.05, 0.1) is 12.8 Å². The summed E-state index contributed by atoms with van der Waals surface area (Å²) in [6, 6.07) is 0. The van der Waals surface area contributed by atoms with Crippen LogP contribution in [0, 0.1) is 0 Å². The van der Waals surface area contributed by atoms with E-state index in [1.165, 1.54) is 110 Å². The van der Waals surface area contributed by atoms with Crippen molar-refractivity contribution in [2.75, 3.05) is 45.9 Å². The summed E-state index contributed by atoms with van der Waals surface area (Å²) in [6.45, 7) is 8.40. The molecule has 3 fully saturated rings. The summed E-state index contributed by atoms with van der Waals surface area (Å²) in [5.74, 6) is 0. The molecule has 0 atom stereocenters. The molecule has 146 valence electrons. The first-order valence-corrected chi connectivity index (χ1v) is 11.3. The average molecular weight is 352 g/mol. The van der Waals surface area contributed by atoms with Gasteiger partial charge in [0.15, 0.2) is 0 Å². The highest BCUT2D eigenvalue weighted by Gasteiger charge is 2.29. The Kier molecular flexibility index (Phi) is 9.04. The highest BCUT2D eigenvalue weighted by molar-refractivity contribution is 4.81. The molecule has 0 aromatic heterocycles. The number of rotatable bonds is 5. The van der Waals surface area contributed by atoms with Crippen LogP contribution in [0.5, 0.6) is 0 Å². The standard InChI is InChI=1S/C21H41N3O/c1-2-4-6-12-20-25-24(18-7-5-3-1)19-13-21(22-14-8-9-15-22)23-16-10-11-17-23/h21H,1-20H2. The van der Waals surface area contributed by atoms with Crippen molar-refractivity contribution in [3.05, 3.63) is 0 Å². The molecular weight excluding hydrogens is 310 g/mol. The molecule has 0 unspecified atom stereocenters. The summed E-state index contributed by atoms with van der Waals surface area (Å²) in [5.41, 5.74) is 0. The Hall–Kier alpha value is -0.160. The van der Waals surface area contributed by atoms with Gasteiger partial charge in [0, 0.05) is 13.1 Å². The zero-order valence-electron chi connectivity index (χ0n) is 16.5. The molecule has 4 nitrogen and oxygen atoms in total. The molecule has 0 amide bonds. The second-order valence-corrected chi connectivity index (χ2v) is 8.35. The molecule has 3 rings (SSSR count). The Morgan fingerprint density at radius 3 is 1.64 bits per heavy atom. The van der Waals surface area contributed by atoms with Crippen LogP contribution in [0.25, 0.3) is 0 Å². The van der Waals surface area contributed by atoms with Crippen molar-refractivity contribution in [1.82, 2.24) is 14.9 Å². The second kappa shape index (κ2) is 11.5. The van der Waals surface area contributed by atoms with Gasteiger partial charge >= 0.3 is 0 Å². The molecule has 0 N–H and O–H groups in total. The fourth-order valence-corrected chi connectivity index (χ4v) is 4.82. The summed E-state index contributed by atoms with van der Waals surface area (Å²) < 4.78 is 0. The fraction of sp³-hybridized carbons (Fsp3) is 1.00. The normalized spacial score (nSPS) is 26.8. The lowest BCUT2D eigenvalue weighted by Crippen LogP contribution is -2.47. The lowest BCUT2D eigenvalue weighted by Gasteiger charge is -2.36. The van der Waals surface area contributed by atoms with Gasteiger partial charge in [-0.3, -0.25) is 14.6 Å². The number of hydroxylamine groups is 2. The smallest absolute Gasteiger partial charge is 0.0685 e. The zero-order chi connectivity index (χ0) is 17.2. The first kappa shape index (κ1) is 19.6. The first-order chi connectivity index (χ1) is 12.4. The molecule has 0 aromatic rings. The summed E-state index contributed by atoms with van der Waals surface area (Å²) in [6.07, 6.45) is 18.4. The molecule has 0 aliphatic carbocycles. The van der Waals surface area contributed by atoms with Gasteiger partial charge in [-0.2, -0.15) is 5.06 Å². The third kappa shape index (κ3) is 6.82. The molecule has 3 aliphatic rings. The minimum Gasteiger partial charge on any atom is -0.299 e. The van der Waals surface area contributed by atoms with Crippen LogP contribution in [0.1, 0.15) is 83.5 Å². The lowest BCUT2D eigenvalue weighted by atomic mass is 10.1. The quantitative estimate of drug-likeness (QED) is 0.736. The van der Waals surface area contributed by atoms with E-state index in [4.69, 9.17) is 4.84 Å². The summed E-state index contributed by atoms with van der Waals surface area (Å²) in [5, 5.41) is 2.32. The van der Waals surface area contributed by atoms with E-state index >= 15 is 0 Å². The molecule has 0 saturated carbocycles. The third-order valence-corrected chi connectivity index (χ3v) is 6.34. The first-order valence-electron chi connectivity index (χ1n) is 11.3. The Bertz CT molecular complexity index is 312. The van der Waals surface area contributed by atoms with Crippen LogP contribution >= 0.6 is 0 Å². The van der Waals surface area contributed by atoms with Gasteiger partial charge in [-0.1, -0.05) is 38.5 Å². The van der Waals surface area contributed by atoms with Crippen molar-refractivity contribution in [2.45, 2.75) is 89.6 Å². The molecule has 3 heterocycles. The van der Waals surface area contributed by atoms with Crippen LogP contribution in [0.3, 0.4) is 0 Å². The van der Waals surface area contributed by atoms with Gasteiger partial charge < -0.3 is 0 Å². The van der Waals surface area contributed by atoms with Crippen molar-refractivity contribution in [3.8, 4) is 0 Å². The van der Waals surface area contributed by atoms with Crippen LogP contribution in [-0.4, -0.2) is 66.9 Å². The topological polar surface area (TPSA) is 19.0 Å². The van der Waals surface area contributed by atoms with Crippen LogP contribution in [0.2, 0.25) is 0 Å². The van der Waals surface area contributed by atoms with Gasteiger partial charge in [0.1, 0.15) is 0 Å². The molecule has 3 aliphatic heterocycles. The Morgan fingerprint density at radius 1 is 0.560 bits per heavy atom. The maximum Gasteiger partial charge on any atom is 0.0685 e. The number of hydrogen-bond donors (Lipinski definition) is 0. The van der Waals surface area contributed by atoms with Gasteiger partial charge in [0.2, 0.25) is 0 Å². The Balaban J connectivity index is 1.47. The van der Waals surface area contributed by atoms with Crippen molar-refractivity contribution in [1.29, 1.82) is 0 Å². The van der Waals surface area contributed by atoms with E-state index in [0.29, 0.717) is 6.17 Å². The SMILES string of the molecule is C1CCCCCN(CCC(N2CCCC2)N2CCCC2)OCCCC1. The monoisotopic (exact) mass is 351 g/mol. The Labute approximate surface area is 155 Å². The molecule has 0 aromatic carbocycles. The van der Waals surface area contributed by atoms with E-state index in [1.807, 2.05) is 0 Å².